The predicted molar refractivity (Wildman–Crippen MR) is 83.2 cm³/mol. The SMILES string of the molecule is CC(C)C[C@H](N)C(=O)Nc1ccc(N2CCNC2=O)cc1. The van der Waals surface area contributed by atoms with Crippen LogP contribution in [0.2, 0.25) is 0 Å². The highest BCUT2D eigenvalue weighted by atomic mass is 16.2. The number of carbonyl (C=O) groups is 2. The van der Waals surface area contributed by atoms with Crippen LogP contribution in [0.3, 0.4) is 0 Å². The Morgan fingerprint density at radius 3 is 2.57 bits per heavy atom. The summed E-state index contributed by atoms with van der Waals surface area (Å²) in [6.07, 6.45) is 0.651. The number of urea groups is 1. The van der Waals surface area contributed by atoms with Crippen LogP contribution >= 0.6 is 0 Å². The first-order chi connectivity index (χ1) is 9.97. The van der Waals surface area contributed by atoms with E-state index in [1.54, 1.807) is 17.0 Å². The van der Waals surface area contributed by atoms with Gasteiger partial charge < -0.3 is 16.4 Å². The molecular weight excluding hydrogens is 268 g/mol. The summed E-state index contributed by atoms with van der Waals surface area (Å²) < 4.78 is 0. The maximum atomic E-state index is 11.9. The quantitative estimate of drug-likeness (QED) is 0.768. The molecule has 1 aliphatic rings. The summed E-state index contributed by atoms with van der Waals surface area (Å²) in [6, 6.07) is 6.59. The van der Waals surface area contributed by atoms with Gasteiger partial charge in [0.2, 0.25) is 5.91 Å². The Balaban J connectivity index is 1.96. The summed E-state index contributed by atoms with van der Waals surface area (Å²) in [5.41, 5.74) is 7.34. The van der Waals surface area contributed by atoms with E-state index in [4.69, 9.17) is 5.73 Å². The van der Waals surface area contributed by atoms with Crippen molar-refractivity contribution in [3.63, 3.8) is 0 Å². The van der Waals surface area contributed by atoms with E-state index in [1.165, 1.54) is 0 Å². The van der Waals surface area contributed by atoms with Gasteiger partial charge in [-0.2, -0.15) is 0 Å². The first-order valence-corrected chi connectivity index (χ1v) is 7.19. The number of amides is 3. The molecule has 0 aliphatic carbocycles. The van der Waals surface area contributed by atoms with Gasteiger partial charge in [-0.1, -0.05) is 13.8 Å². The molecule has 1 fully saturated rings. The third-order valence-electron chi connectivity index (χ3n) is 3.37. The second-order valence-electron chi connectivity index (χ2n) is 5.66. The molecule has 6 heteroatoms. The predicted octanol–water partition coefficient (Wildman–Crippen LogP) is 1.53. The lowest BCUT2D eigenvalue weighted by Gasteiger charge is -2.16. The molecule has 21 heavy (non-hydrogen) atoms. The van der Waals surface area contributed by atoms with Crippen molar-refractivity contribution in [1.82, 2.24) is 5.32 Å². The summed E-state index contributed by atoms with van der Waals surface area (Å²) >= 11 is 0. The molecule has 0 spiro atoms. The van der Waals surface area contributed by atoms with Gasteiger partial charge in [0.05, 0.1) is 6.04 Å². The maximum Gasteiger partial charge on any atom is 0.321 e. The molecule has 0 unspecified atom stereocenters. The van der Waals surface area contributed by atoms with Gasteiger partial charge in [-0.25, -0.2) is 4.79 Å². The zero-order valence-electron chi connectivity index (χ0n) is 12.4. The van der Waals surface area contributed by atoms with Crippen molar-refractivity contribution >= 4 is 23.3 Å². The van der Waals surface area contributed by atoms with Crippen LogP contribution in [0.4, 0.5) is 16.2 Å². The Morgan fingerprint density at radius 2 is 2.05 bits per heavy atom. The van der Waals surface area contributed by atoms with Gasteiger partial charge in [0.1, 0.15) is 0 Å². The van der Waals surface area contributed by atoms with Crippen LogP contribution in [-0.2, 0) is 4.79 Å². The van der Waals surface area contributed by atoms with E-state index < -0.39 is 6.04 Å². The molecule has 114 valence electrons. The molecule has 1 aliphatic heterocycles. The van der Waals surface area contributed by atoms with Crippen molar-refractivity contribution in [2.75, 3.05) is 23.3 Å². The molecule has 6 nitrogen and oxygen atoms in total. The molecule has 1 aromatic carbocycles. The zero-order chi connectivity index (χ0) is 15.4. The minimum absolute atomic E-state index is 0.0919. The van der Waals surface area contributed by atoms with E-state index >= 15 is 0 Å². The number of nitrogens with two attached hydrogens (primary N) is 1. The van der Waals surface area contributed by atoms with Gasteiger partial charge in [-0.05, 0) is 36.6 Å². The second-order valence-corrected chi connectivity index (χ2v) is 5.66. The van der Waals surface area contributed by atoms with Crippen LogP contribution in [0.25, 0.3) is 0 Å². The highest BCUT2D eigenvalue weighted by molar-refractivity contribution is 5.96. The molecule has 0 aromatic heterocycles. The van der Waals surface area contributed by atoms with E-state index in [1.807, 2.05) is 26.0 Å². The van der Waals surface area contributed by atoms with Crippen molar-refractivity contribution in [2.24, 2.45) is 11.7 Å². The highest BCUT2D eigenvalue weighted by Crippen LogP contribution is 2.19. The summed E-state index contributed by atoms with van der Waals surface area (Å²) in [4.78, 5) is 25.2. The van der Waals surface area contributed by atoms with E-state index in [0.29, 0.717) is 31.1 Å². The largest absolute Gasteiger partial charge is 0.336 e. The van der Waals surface area contributed by atoms with Crippen LogP contribution in [0.5, 0.6) is 0 Å². The number of nitrogens with one attached hydrogen (secondary N) is 2. The number of anilines is 2. The molecular formula is C15H22N4O2. The average molecular weight is 290 g/mol. The van der Waals surface area contributed by atoms with Crippen LogP contribution in [0.15, 0.2) is 24.3 Å². The van der Waals surface area contributed by atoms with Crippen molar-refractivity contribution in [1.29, 1.82) is 0 Å². The number of rotatable bonds is 5. The summed E-state index contributed by atoms with van der Waals surface area (Å²) in [6.45, 7) is 5.37. The lowest BCUT2D eigenvalue weighted by molar-refractivity contribution is -0.117. The summed E-state index contributed by atoms with van der Waals surface area (Å²) in [5, 5.41) is 5.54. The molecule has 1 aromatic rings. The summed E-state index contributed by atoms with van der Waals surface area (Å²) in [7, 11) is 0. The van der Waals surface area contributed by atoms with E-state index in [0.717, 1.165) is 5.69 Å². The molecule has 1 saturated heterocycles. The maximum absolute atomic E-state index is 11.9. The molecule has 4 N–H and O–H groups in total. The molecule has 0 bridgehead atoms. The zero-order valence-corrected chi connectivity index (χ0v) is 12.4. The lowest BCUT2D eigenvalue weighted by atomic mass is 10.0. The van der Waals surface area contributed by atoms with Crippen molar-refractivity contribution in [2.45, 2.75) is 26.3 Å². The smallest absolute Gasteiger partial charge is 0.321 e. The van der Waals surface area contributed by atoms with Crippen molar-refractivity contribution in [3.05, 3.63) is 24.3 Å². The Bertz CT molecular complexity index is 513. The number of carbonyl (C=O) groups excluding carboxylic acids is 2. The fourth-order valence-electron chi connectivity index (χ4n) is 2.29. The minimum Gasteiger partial charge on any atom is -0.336 e. The average Bonchev–Trinajstić information content (AvgIpc) is 2.85. The minimum atomic E-state index is -0.506. The Morgan fingerprint density at radius 1 is 1.38 bits per heavy atom. The molecule has 0 radical (unpaired) electrons. The van der Waals surface area contributed by atoms with Crippen molar-refractivity contribution in [3.8, 4) is 0 Å². The fraction of sp³-hybridized carbons (Fsp3) is 0.467. The molecule has 0 saturated carbocycles. The van der Waals surface area contributed by atoms with Crippen LogP contribution in [0.1, 0.15) is 20.3 Å². The molecule has 2 rings (SSSR count). The van der Waals surface area contributed by atoms with Gasteiger partial charge in [-0.15, -0.1) is 0 Å². The first kappa shape index (κ1) is 15.3. The standard InChI is InChI=1S/C15H22N4O2/c1-10(2)9-13(16)14(20)18-11-3-5-12(6-4-11)19-8-7-17-15(19)21/h3-6,10,13H,7-9,16H2,1-2H3,(H,17,21)(H,18,20)/t13-/m0/s1. The van der Waals surface area contributed by atoms with Crippen LogP contribution in [0, 0.1) is 5.92 Å². The van der Waals surface area contributed by atoms with Gasteiger partial charge >= 0.3 is 6.03 Å². The lowest BCUT2D eigenvalue weighted by Crippen LogP contribution is -2.36. The van der Waals surface area contributed by atoms with E-state index in [-0.39, 0.29) is 11.9 Å². The Labute approximate surface area is 124 Å². The topological polar surface area (TPSA) is 87.5 Å². The number of benzene rings is 1. The third-order valence-corrected chi connectivity index (χ3v) is 3.37. The normalized spacial score (nSPS) is 16.0. The number of hydrogen-bond donors (Lipinski definition) is 3. The summed E-state index contributed by atoms with van der Waals surface area (Å²) in [5.74, 6) is 0.192. The highest BCUT2D eigenvalue weighted by Gasteiger charge is 2.21. The van der Waals surface area contributed by atoms with Crippen LogP contribution < -0.4 is 21.3 Å². The Kier molecular flexibility index (Phi) is 4.80. The van der Waals surface area contributed by atoms with Crippen LogP contribution in [-0.4, -0.2) is 31.1 Å². The number of nitrogens with zero attached hydrogens (tertiary/aromatic N) is 1. The second kappa shape index (κ2) is 6.58. The molecule has 3 amide bonds. The fourth-order valence-corrected chi connectivity index (χ4v) is 2.29. The Hall–Kier alpha value is -2.08. The first-order valence-electron chi connectivity index (χ1n) is 7.19. The molecule has 1 heterocycles. The van der Waals surface area contributed by atoms with Gasteiger partial charge in [0.25, 0.3) is 0 Å². The number of hydrogen-bond acceptors (Lipinski definition) is 3. The molecule has 1 atom stereocenters. The third kappa shape index (κ3) is 3.95. The van der Waals surface area contributed by atoms with Gasteiger partial charge in [0.15, 0.2) is 0 Å². The monoisotopic (exact) mass is 290 g/mol. The van der Waals surface area contributed by atoms with Gasteiger partial charge in [-0.3, -0.25) is 9.69 Å². The van der Waals surface area contributed by atoms with Crippen molar-refractivity contribution < 1.29 is 9.59 Å². The van der Waals surface area contributed by atoms with E-state index in [9.17, 15) is 9.59 Å². The van der Waals surface area contributed by atoms with Gasteiger partial charge in [0, 0.05) is 24.5 Å². The van der Waals surface area contributed by atoms with E-state index in [2.05, 4.69) is 10.6 Å².